The molecule has 0 heteroatoms. The van der Waals surface area contributed by atoms with Gasteiger partial charge in [0.1, 0.15) is 0 Å². The van der Waals surface area contributed by atoms with Gasteiger partial charge in [-0.1, -0.05) is 49.8 Å². The van der Waals surface area contributed by atoms with Gasteiger partial charge in [0.25, 0.3) is 0 Å². The van der Waals surface area contributed by atoms with E-state index >= 15 is 0 Å². The molecular formula is C14H18. The second kappa shape index (κ2) is 3.61. The van der Waals surface area contributed by atoms with Crippen molar-refractivity contribution in [3.8, 4) is 0 Å². The third kappa shape index (κ3) is 1.61. The van der Waals surface area contributed by atoms with E-state index in [2.05, 4.69) is 51.1 Å². The van der Waals surface area contributed by atoms with Crippen molar-refractivity contribution in [1.82, 2.24) is 0 Å². The summed E-state index contributed by atoms with van der Waals surface area (Å²) < 4.78 is 0. The fourth-order valence-corrected chi connectivity index (χ4v) is 2.14. The average molecular weight is 186 g/mol. The van der Waals surface area contributed by atoms with Gasteiger partial charge in [-0.2, -0.15) is 0 Å². The molecule has 2 atom stereocenters. The van der Waals surface area contributed by atoms with E-state index < -0.39 is 0 Å². The zero-order valence-electron chi connectivity index (χ0n) is 9.25. The molecule has 14 heavy (non-hydrogen) atoms. The zero-order chi connectivity index (χ0) is 10.1. The summed E-state index contributed by atoms with van der Waals surface area (Å²) in [5.41, 5.74) is 4.29. The Balaban J connectivity index is 2.28. The van der Waals surface area contributed by atoms with E-state index in [1.807, 2.05) is 0 Å². The number of allylic oxidation sites excluding steroid dienone is 2. The first-order chi connectivity index (χ1) is 6.68. The number of rotatable bonds is 1. The molecule has 0 amide bonds. The van der Waals surface area contributed by atoms with Gasteiger partial charge in [0.15, 0.2) is 0 Å². The summed E-state index contributed by atoms with van der Waals surface area (Å²) in [5.74, 6) is 1.53. The lowest BCUT2D eigenvalue weighted by Crippen LogP contribution is -2.02. The van der Waals surface area contributed by atoms with Gasteiger partial charge in [-0.25, -0.2) is 0 Å². The van der Waals surface area contributed by atoms with E-state index in [1.54, 1.807) is 0 Å². The summed E-state index contributed by atoms with van der Waals surface area (Å²) in [6, 6.07) is 8.89. The second-order valence-electron chi connectivity index (χ2n) is 4.53. The summed E-state index contributed by atoms with van der Waals surface area (Å²) >= 11 is 0. The van der Waals surface area contributed by atoms with Gasteiger partial charge in [-0.15, -0.1) is 0 Å². The van der Waals surface area contributed by atoms with Crippen molar-refractivity contribution in [2.75, 3.05) is 0 Å². The van der Waals surface area contributed by atoms with E-state index in [4.69, 9.17) is 0 Å². The summed E-state index contributed by atoms with van der Waals surface area (Å²) in [6.07, 6.45) is 3.64. The maximum atomic E-state index is 2.40. The molecule has 0 saturated heterocycles. The lowest BCUT2D eigenvalue weighted by molar-refractivity contribution is 0.506. The SMILES string of the molecule is Cc1ccc(C2=CCC(C)C2C)cc1. The zero-order valence-corrected chi connectivity index (χ0v) is 9.25. The lowest BCUT2D eigenvalue weighted by Gasteiger charge is -2.14. The molecule has 0 bridgehead atoms. The average Bonchev–Trinajstić information content (AvgIpc) is 2.50. The number of hydrogen-bond acceptors (Lipinski definition) is 0. The summed E-state index contributed by atoms with van der Waals surface area (Å²) in [7, 11) is 0. The highest BCUT2D eigenvalue weighted by atomic mass is 14.3. The molecule has 0 spiro atoms. The van der Waals surface area contributed by atoms with Gasteiger partial charge in [0, 0.05) is 0 Å². The third-order valence-corrected chi connectivity index (χ3v) is 3.44. The van der Waals surface area contributed by atoms with Gasteiger partial charge < -0.3 is 0 Å². The summed E-state index contributed by atoms with van der Waals surface area (Å²) in [4.78, 5) is 0. The summed E-state index contributed by atoms with van der Waals surface area (Å²) in [6.45, 7) is 6.81. The highest BCUT2D eigenvalue weighted by Gasteiger charge is 2.22. The molecule has 1 aliphatic rings. The van der Waals surface area contributed by atoms with Crippen LogP contribution in [0.1, 0.15) is 31.4 Å². The van der Waals surface area contributed by atoms with Crippen molar-refractivity contribution in [3.63, 3.8) is 0 Å². The van der Waals surface area contributed by atoms with Crippen LogP contribution in [0.15, 0.2) is 30.3 Å². The Morgan fingerprint density at radius 1 is 1.07 bits per heavy atom. The monoisotopic (exact) mass is 186 g/mol. The standard InChI is InChI=1S/C14H18/c1-10-4-7-13(8-5-10)14-9-6-11(2)12(14)3/h4-5,7-9,11-12H,6H2,1-3H3. The predicted octanol–water partition coefficient (Wildman–Crippen LogP) is 4.05. The Bertz CT molecular complexity index is 343. The number of benzene rings is 1. The molecule has 0 N–H and O–H groups in total. The van der Waals surface area contributed by atoms with Gasteiger partial charge in [-0.3, -0.25) is 0 Å². The van der Waals surface area contributed by atoms with Crippen molar-refractivity contribution >= 4 is 5.57 Å². The van der Waals surface area contributed by atoms with Gasteiger partial charge >= 0.3 is 0 Å². The first-order valence-corrected chi connectivity index (χ1v) is 5.45. The molecule has 2 unspecified atom stereocenters. The third-order valence-electron chi connectivity index (χ3n) is 3.44. The molecular weight excluding hydrogens is 168 g/mol. The van der Waals surface area contributed by atoms with Crippen molar-refractivity contribution in [2.45, 2.75) is 27.2 Å². The molecule has 1 aromatic carbocycles. The Morgan fingerprint density at radius 2 is 1.71 bits per heavy atom. The summed E-state index contributed by atoms with van der Waals surface area (Å²) in [5, 5.41) is 0. The van der Waals surface area contributed by atoms with Crippen molar-refractivity contribution in [1.29, 1.82) is 0 Å². The van der Waals surface area contributed by atoms with Crippen LogP contribution in [0, 0.1) is 18.8 Å². The van der Waals surface area contributed by atoms with Crippen LogP contribution in [-0.2, 0) is 0 Å². The molecule has 1 aliphatic carbocycles. The Hall–Kier alpha value is -1.04. The number of hydrogen-bond donors (Lipinski definition) is 0. The van der Waals surface area contributed by atoms with Crippen LogP contribution in [0.3, 0.4) is 0 Å². The van der Waals surface area contributed by atoms with Gasteiger partial charge in [0.2, 0.25) is 0 Å². The Kier molecular flexibility index (Phi) is 2.45. The molecule has 0 aliphatic heterocycles. The van der Waals surface area contributed by atoms with E-state index in [9.17, 15) is 0 Å². The first-order valence-electron chi connectivity index (χ1n) is 5.45. The maximum Gasteiger partial charge on any atom is -0.0159 e. The van der Waals surface area contributed by atoms with Gasteiger partial charge in [-0.05, 0) is 36.3 Å². The molecule has 1 aromatic rings. The highest BCUT2D eigenvalue weighted by molar-refractivity contribution is 5.69. The van der Waals surface area contributed by atoms with Crippen molar-refractivity contribution in [3.05, 3.63) is 41.5 Å². The Labute approximate surface area is 86.7 Å². The molecule has 0 heterocycles. The minimum atomic E-state index is 0.720. The fourth-order valence-electron chi connectivity index (χ4n) is 2.14. The normalized spacial score (nSPS) is 26.4. The molecule has 0 nitrogen and oxygen atoms in total. The maximum absolute atomic E-state index is 2.40. The topological polar surface area (TPSA) is 0 Å². The molecule has 0 fully saturated rings. The minimum absolute atomic E-state index is 0.720. The van der Waals surface area contributed by atoms with Crippen LogP contribution >= 0.6 is 0 Å². The lowest BCUT2D eigenvalue weighted by atomic mass is 9.90. The van der Waals surface area contributed by atoms with Crippen molar-refractivity contribution < 1.29 is 0 Å². The predicted molar refractivity (Wildman–Crippen MR) is 62.1 cm³/mol. The first kappa shape index (κ1) is 9.51. The molecule has 74 valence electrons. The van der Waals surface area contributed by atoms with Gasteiger partial charge in [0.05, 0.1) is 0 Å². The van der Waals surface area contributed by atoms with Crippen LogP contribution in [0.2, 0.25) is 0 Å². The van der Waals surface area contributed by atoms with Crippen LogP contribution in [0.25, 0.3) is 5.57 Å². The molecule has 2 rings (SSSR count). The molecule has 0 saturated carbocycles. The molecule has 0 aromatic heterocycles. The van der Waals surface area contributed by atoms with E-state index in [0.717, 1.165) is 11.8 Å². The smallest absolute Gasteiger partial charge is 0.0159 e. The second-order valence-corrected chi connectivity index (χ2v) is 4.53. The minimum Gasteiger partial charge on any atom is -0.0802 e. The largest absolute Gasteiger partial charge is 0.0802 e. The highest BCUT2D eigenvalue weighted by Crippen LogP contribution is 2.37. The Morgan fingerprint density at radius 3 is 2.21 bits per heavy atom. The van der Waals surface area contributed by atoms with E-state index in [0.29, 0.717) is 0 Å². The molecule has 0 radical (unpaired) electrons. The van der Waals surface area contributed by atoms with E-state index in [-0.39, 0.29) is 0 Å². The van der Waals surface area contributed by atoms with E-state index in [1.165, 1.54) is 23.1 Å². The van der Waals surface area contributed by atoms with Crippen LogP contribution in [0.5, 0.6) is 0 Å². The number of aryl methyl sites for hydroxylation is 1. The van der Waals surface area contributed by atoms with Crippen molar-refractivity contribution in [2.24, 2.45) is 11.8 Å². The van der Waals surface area contributed by atoms with Crippen LogP contribution in [0.4, 0.5) is 0 Å². The quantitative estimate of drug-likeness (QED) is 0.620. The van der Waals surface area contributed by atoms with Crippen LogP contribution < -0.4 is 0 Å². The fraction of sp³-hybridized carbons (Fsp3) is 0.429. The van der Waals surface area contributed by atoms with Crippen LogP contribution in [-0.4, -0.2) is 0 Å².